The van der Waals surface area contributed by atoms with E-state index in [2.05, 4.69) is 30.9 Å². The number of nitrogens with one attached hydrogen (secondary N) is 3. The fourth-order valence-corrected chi connectivity index (χ4v) is 3.90. The Morgan fingerprint density at radius 1 is 0.844 bits per heavy atom. The fraction of sp³-hybridized carbons (Fsp3) is 0.375. The first-order valence-corrected chi connectivity index (χ1v) is 11.4. The van der Waals surface area contributed by atoms with E-state index in [4.69, 9.17) is 16.3 Å². The molecule has 0 radical (unpaired) electrons. The van der Waals surface area contributed by atoms with E-state index in [1.54, 1.807) is 7.11 Å². The van der Waals surface area contributed by atoms with Gasteiger partial charge in [0.15, 0.2) is 0 Å². The molecular formula is C24H29ClN6O. The number of hydrogen-bond donors (Lipinski definition) is 3. The van der Waals surface area contributed by atoms with Crippen molar-refractivity contribution in [1.82, 2.24) is 15.0 Å². The molecule has 1 aliphatic rings. The van der Waals surface area contributed by atoms with Crippen LogP contribution in [0.5, 0.6) is 5.75 Å². The monoisotopic (exact) mass is 452 g/mol. The second kappa shape index (κ2) is 11.0. The second-order valence-corrected chi connectivity index (χ2v) is 8.41. The van der Waals surface area contributed by atoms with Gasteiger partial charge in [0.25, 0.3) is 0 Å². The van der Waals surface area contributed by atoms with Gasteiger partial charge in [0.1, 0.15) is 5.75 Å². The van der Waals surface area contributed by atoms with Crippen molar-refractivity contribution in [1.29, 1.82) is 0 Å². The molecule has 1 aliphatic carbocycles. The zero-order valence-electron chi connectivity index (χ0n) is 18.3. The van der Waals surface area contributed by atoms with Gasteiger partial charge in [0.2, 0.25) is 17.8 Å². The molecule has 0 unspecified atom stereocenters. The SMILES string of the molecule is COc1cccc(CNc2nc(NCc3ccc(Cl)cc3)nc(NC3CCCCC3)n2)c1. The minimum atomic E-state index is 0.404. The molecular weight excluding hydrogens is 424 g/mol. The van der Waals surface area contributed by atoms with E-state index in [9.17, 15) is 0 Å². The molecule has 1 heterocycles. The Bertz CT molecular complexity index is 1010. The predicted molar refractivity (Wildman–Crippen MR) is 129 cm³/mol. The van der Waals surface area contributed by atoms with Crippen LogP contribution >= 0.6 is 11.6 Å². The molecule has 0 amide bonds. The number of rotatable bonds is 9. The first-order valence-electron chi connectivity index (χ1n) is 11.1. The van der Waals surface area contributed by atoms with E-state index in [1.165, 1.54) is 19.3 Å². The van der Waals surface area contributed by atoms with E-state index in [0.29, 0.717) is 37.0 Å². The first-order chi connectivity index (χ1) is 15.7. The van der Waals surface area contributed by atoms with Gasteiger partial charge < -0.3 is 20.7 Å². The maximum absolute atomic E-state index is 5.99. The van der Waals surface area contributed by atoms with Crippen LogP contribution in [0.25, 0.3) is 0 Å². The molecule has 0 spiro atoms. The van der Waals surface area contributed by atoms with Gasteiger partial charge in [-0.1, -0.05) is 55.1 Å². The summed E-state index contributed by atoms with van der Waals surface area (Å²) in [5.74, 6) is 2.48. The van der Waals surface area contributed by atoms with Gasteiger partial charge >= 0.3 is 0 Å². The molecule has 0 bridgehead atoms. The molecule has 3 aromatic rings. The summed E-state index contributed by atoms with van der Waals surface area (Å²) in [4.78, 5) is 13.8. The van der Waals surface area contributed by atoms with Crippen LogP contribution in [0.3, 0.4) is 0 Å². The maximum atomic E-state index is 5.99. The number of benzene rings is 2. The van der Waals surface area contributed by atoms with Crippen LogP contribution in [-0.4, -0.2) is 28.1 Å². The fourth-order valence-electron chi connectivity index (χ4n) is 3.78. The van der Waals surface area contributed by atoms with Gasteiger partial charge in [-0.3, -0.25) is 0 Å². The van der Waals surface area contributed by atoms with Crippen molar-refractivity contribution in [2.45, 2.75) is 51.2 Å². The molecule has 4 rings (SSSR count). The Morgan fingerprint density at radius 2 is 1.50 bits per heavy atom. The number of anilines is 3. The summed E-state index contributed by atoms with van der Waals surface area (Å²) in [7, 11) is 1.67. The zero-order valence-corrected chi connectivity index (χ0v) is 19.0. The van der Waals surface area contributed by atoms with Gasteiger partial charge in [-0.15, -0.1) is 0 Å². The van der Waals surface area contributed by atoms with E-state index in [-0.39, 0.29) is 0 Å². The number of nitrogens with zero attached hydrogens (tertiary/aromatic N) is 3. The largest absolute Gasteiger partial charge is 0.497 e. The van der Waals surface area contributed by atoms with Crippen molar-refractivity contribution in [2.24, 2.45) is 0 Å². The smallest absolute Gasteiger partial charge is 0.229 e. The summed E-state index contributed by atoms with van der Waals surface area (Å²) in [5.41, 5.74) is 2.18. The molecule has 168 valence electrons. The standard InChI is InChI=1S/C24H29ClN6O/c1-32-21-9-5-6-18(14-21)16-27-23-29-22(26-15-17-10-12-19(25)13-11-17)30-24(31-23)28-20-7-3-2-4-8-20/h5-6,9-14,20H,2-4,7-8,15-16H2,1H3,(H3,26,27,28,29,30,31). The Balaban J connectivity index is 1.48. The maximum Gasteiger partial charge on any atom is 0.229 e. The summed E-state index contributed by atoms with van der Waals surface area (Å²) >= 11 is 5.99. The lowest BCUT2D eigenvalue weighted by Gasteiger charge is -2.23. The van der Waals surface area contributed by atoms with Gasteiger partial charge in [-0.2, -0.15) is 15.0 Å². The molecule has 2 aromatic carbocycles. The van der Waals surface area contributed by atoms with Gasteiger partial charge in [0.05, 0.1) is 7.11 Å². The third-order valence-corrected chi connectivity index (χ3v) is 5.77. The highest BCUT2D eigenvalue weighted by Crippen LogP contribution is 2.22. The quantitative estimate of drug-likeness (QED) is 0.395. The molecule has 1 aromatic heterocycles. The van der Waals surface area contributed by atoms with Crippen LogP contribution in [0.4, 0.5) is 17.8 Å². The van der Waals surface area contributed by atoms with Crippen molar-refractivity contribution < 1.29 is 4.74 Å². The topological polar surface area (TPSA) is 84.0 Å². The lowest BCUT2D eigenvalue weighted by molar-refractivity contribution is 0.414. The highest BCUT2D eigenvalue weighted by molar-refractivity contribution is 6.30. The van der Waals surface area contributed by atoms with Crippen molar-refractivity contribution in [3.8, 4) is 5.75 Å². The highest BCUT2D eigenvalue weighted by atomic mass is 35.5. The highest BCUT2D eigenvalue weighted by Gasteiger charge is 2.15. The molecule has 3 N–H and O–H groups in total. The number of ether oxygens (including phenoxy) is 1. The molecule has 1 fully saturated rings. The van der Waals surface area contributed by atoms with Crippen LogP contribution in [-0.2, 0) is 13.1 Å². The van der Waals surface area contributed by atoms with Crippen LogP contribution in [0, 0.1) is 0 Å². The normalized spacial score (nSPS) is 14.1. The summed E-state index contributed by atoms with van der Waals surface area (Å²) in [6.45, 7) is 1.18. The van der Waals surface area contributed by atoms with E-state index < -0.39 is 0 Å². The lowest BCUT2D eigenvalue weighted by atomic mass is 9.96. The number of halogens is 1. The molecule has 0 atom stereocenters. The van der Waals surface area contributed by atoms with Crippen molar-refractivity contribution in [3.05, 3.63) is 64.7 Å². The molecule has 8 heteroatoms. The lowest BCUT2D eigenvalue weighted by Crippen LogP contribution is -2.24. The minimum absolute atomic E-state index is 0.404. The Morgan fingerprint density at radius 3 is 2.19 bits per heavy atom. The van der Waals surface area contributed by atoms with Gasteiger partial charge in [-0.25, -0.2) is 0 Å². The summed E-state index contributed by atoms with van der Waals surface area (Å²) in [6, 6.07) is 16.1. The van der Waals surface area contributed by atoms with Crippen molar-refractivity contribution in [3.63, 3.8) is 0 Å². The minimum Gasteiger partial charge on any atom is -0.497 e. The number of hydrogen-bond acceptors (Lipinski definition) is 7. The molecule has 1 saturated carbocycles. The average molecular weight is 453 g/mol. The first kappa shape index (κ1) is 22.1. The van der Waals surface area contributed by atoms with E-state index in [1.807, 2.05) is 48.5 Å². The van der Waals surface area contributed by atoms with Crippen molar-refractivity contribution >= 4 is 29.4 Å². The van der Waals surface area contributed by atoms with Crippen LogP contribution < -0.4 is 20.7 Å². The Hall–Kier alpha value is -3.06. The molecule has 7 nitrogen and oxygen atoms in total. The zero-order chi connectivity index (χ0) is 22.2. The third kappa shape index (κ3) is 6.47. The summed E-state index contributed by atoms with van der Waals surface area (Å²) in [6.07, 6.45) is 6.07. The molecule has 32 heavy (non-hydrogen) atoms. The third-order valence-electron chi connectivity index (χ3n) is 5.52. The summed E-state index contributed by atoms with van der Waals surface area (Å²) in [5, 5.41) is 10.9. The summed E-state index contributed by atoms with van der Waals surface area (Å²) < 4.78 is 5.31. The molecule has 0 aliphatic heterocycles. The predicted octanol–water partition coefficient (Wildman–Crippen LogP) is 5.50. The molecule has 0 saturated heterocycles. The number of aromatic nitrogens is 3. The van der Waals surface area contributed by atoms with Crippen LogP contribution in [0.15, 0.2) is 48.5 Å². The Labute approximate surface area is 194 Å². The van der Waals surface area contributed by atoms with Gasteiger partial charge in [-0.05, 0) is 48.2 Å². The number of methoxy groups -OCH3 is 1. The van der Waals surface area contributed by atoms with E-state index in [0.717, 1.165) is 34.7 Å². The second-order valence-electron chi connectivity index (χ2n) is 7.97. The van der Waals surface area contributed by atoms with Gasteiger partial charge in [0, 0.05) is 24.2 Å². The average Bonchev–Trinajstić information content (AvgIpc) is 2.83. The Kier molecular flexibility index (Phi) is 7.61. The van der Waals surface area contributed by atoms with E-state index >= 15 is 0 Å². The van der Waals surface area contributed by atoms with Crippen molar-refractivity contribution in [2.75, 3.05) is 23.1 Å². The van der Waals surface area contributed by atoms with Crippen LogP contribution in [0.2, 0.25) is 5.02 Å². The van der Waals surface area contributed by atoms with Crippen LogP contribution in [0.1, 0.15) is 43.2 Å².